The number of carbonyl (C=O) groups is 2. The quantitative estimate of drug-likeness (QED) is 0.366. The minimum absolute atomic E-state index is 0.0965. The fraction of sp³-hybridized carbons (Fsp3) is 0.308. The average molecular weight is 447 g/mol. The molecule has 170 valence electrons. The Morgan fingerprint density at radius 1 is 1.18 bits per heavy atom. The van der Waals surface area contributed by atoms with E-state index >= 15 is 0 Å². The largest absolute Gasteiger partial charge is 0.361 e. The number of rotatable bonds is 6. The first-order chi connectivity index (χ1) is 15.8. The minimum atomic E-state index is -0.886. The molecule has 2 aromatic carbocycles. The third-order valence-corrected chi connectivity index (χ3v) is 6.09. The molecule has 0 fully saturated rings. The lowest BCUT2D eigenvalue weighted by molar-refractivity contribution is -0.385. The van der Waals surface area contributed by atoms with E-state index in [1.54, 1.807) is 18.2 Å². The Labute approximate surface area is 192 Å². The normalized spacial score (nSPS) is 20.6. The number of benzene rings is 2. The minimum Gasteiger partial charge on any atom is -0.361 e. The number of carbonyl (C=O) groups excluding carboxylic acids is 2. The van der Waals surface area contributed by atoms with Crippen molar-refractivity contribution in [2.75, 3.05) is 13.2 Å². The highest BCUT2D eigenvalue weighted by Crippen LogP contribution is 2.48. The molecular weight excluding hydrogens is 420 g/mol. The van der Waals surface area contributed by atoms with Gasteiger partial charge in [-0.05, 0) is 42.0 Å². The lowest BCUT2D eigenvalue weighted by Crippen LogP contribution is -2.45. The van der Waals surface area contributed by atoms with Gasteiger partial charge >= 0.3 is 0 Å². The highest BCUT2D eigenvalue weighted by Gasteiger charge is 2.50. The Hall–Kier alpha value is -3.58. The summed E-state index contributed by atoms with van der Waals surface area (Å²) < 4.78 is 6.33. The third-order valence-electron chi connectivity index (χ3n) is 6.09. The molecular formula is C26H26N2O5. The monoisotopic (exact) mass is 446 g/mol. The van der Waals surface area contributed by atoms with Crippen LogP contribution < -0.4 is 0 Å². The fourth-order valence-corrected chi connectivity index (χ4v) is 4.69. The molecule has 0 spiro atoms. The Kier molecular flexibility index (Phi) is 6.24. The van der Waals surface area contributed by atoms with Crippen LogP contribution in [0.25, 0.3) is 6.08 Å². The molecule has 0 aromatic heterocycles. The van der Waals surface area contributed by atoms with Crippen LogP contribution in [0.15, 0.2) is 71.8 Å². The molecule has 1 unspecified atom stereocenters. The molecule has 2 aromatic rings. The zero-order valence-electron chi connectivity index (χ0n) is 18.7. The molecule has 2 aliphatic rings. The molecule has 1 atom stereocenters. The molecule has 0 saturated heterocycles. The molecule has 0 N–H and O–H groups in total. The summed E-state index contributed by atoms with van der Waals surface area (Å²) >= 11 is 0. The summed E-state index contributed by atoms with van der Waals surface area (Å²) in [6.07, 6.45) is 3.80. The van der Waals surface area contributed by atoms with E-state index in [0.717, 1.165) is 11.1 Å². The predicted octanol–water partition coefficient (Wildman–Crippen LogP) is 4.64. The second-order valence-electron chi connectivity index (χ2n) is 8.75. The maximum Gasteiger partial charge on any atom is 0.276 e. The molecule has 2 heterocycles. The van der Waals surface area contributed by atoms with Crippen molar-refractivity contribution in [2.24, 2.45) is 5.92 Å². The Morgan fingerprint density at radius 3 is 2.58 bits per heavy atom. The van der Waals surface area contributed by atoms with Crippen LogP contribution in [0.5, 0.6) is 0 Å². The number of hydrogen-bond donors (Lipinski definition) is 0. The summed E-state index contributed by atoms with van der Waals surface area (Å²) in [4.78, 5) is 38.6. The zero-order chi connectivity index (χ0) is 23.6. The first-order valence-corrected chi connectivity index (χ1v) is 11.0. The number of nitrogens with zero attached hydrogens (tertiary/aromatic N) is 2. The summed E-state index contributed by atoms with van der Waals surface area (Å²) in [5.74, 6) is -0.590. The number of imide groups is 1. The number of nitro benzene ring substituents is 1. The van der Waals surface area contributed by atoms with E-state index < -0.39 is 16.4 Å². The van der Waals surface area contributed by atoms with Crippen LogP contribution in [0.3, 0.4) is 0 Å². The van der Waals surface area contributed by atoms with Gasteiger partial charge in [0.25, 0.3) is 17.5 Å². The van der Waals surface area contributed by atoms with Crippen LogP contribution in [-0.4, -0.2) is 34.8 Å². The Balaban J connectivity index is 1.65. The van der Waals surface area contributed by atoms with Crippen molar-refractivity contribution >= 4 is 23.6 Å². The van der Waals surface area contributed by atoms with Crippen LogP contribution in [-0.2, 0) is 19.9 Å². The molecule has 2 aliphatic heterocycles. The first kappa shape index (κ1) is 22.6. The smallest absolute Gasteiger partial charge is 0.276 e. The summed E-state index contributed by atoms with van der Waals surface area (Å²) in [5, 5.41) is 11.2. The van der Waals surface area contributed by atoms with E-state index in [2.05, 4.69) is 13.8 Å². The highest BCUT2D eigenvalue weighted by atomic mass is 16.6. The van der Waals surface area contributed by atoms with Gasteiger partial charge in [-0.1, -0.05) is 56.3 Å². The van der Waals surface area contributed by atoms with Gasteiger partial charge in [0.1, 0.15) is 5.60 Å². The zero-order valence-corrected chi connectivity index (χ0v) is 18.7. The van der Waals surface area contributed by atoms with Crippen LogP contribution >= 0.6 is 0 Å². The molecule has 0 bridgehead atoms. The maximum atomic E-state index is 13.6. The van der Waals surface area contributed by atoms with Crippen molar-refractivity contribution in [2.45, 2.75) is 32.3 Å². The van der Waals surface area contributed by atoms with Crippen molar-refractivity contribution in [1.29, 1.82) is 0 Å². The number of ether oxygens (including phenoxy) is 1. The number of hydrogen-bond acceptors (Lipinski definition) is 5. The van der Waals surface area contributed by atoms with Crippen molar-refractivity contribution in [3.05, 3.63) is 93.1 Å². The van der Waals surface area contributed by atoms with Gasteiger partial charge in [-0.3, -0.25) is 24.6 Å². The summed E-state index contributed by atoms with van der Waals surface area (Å²) in [6.45, 7) is 4.79. The summed E-state index contributed by atoms with van der Waals surface area (Å²) in [5.41, 5.74) is 1.73. The van der Waals surface area contributed by atoms with Crippen LogP contribution in [0.4, 0.5) is 5.69 Å². The lowest BCUT2D eigenvalue weighted by atomic mass is 9.77. The van der Waals surface area contributed by atoms with Crippen molar-refractivity contribution < 1.29 is 19.2 Å². The summed E-state index contributed by atoms with van der Waals surface area (Å²) in [7, 11) is 0. The van der Waals surface area contributed by atoms with Crippen LogP contribution in [0.1, 0.15) is 37.8 Å². The number of amides is 2. The molecule has 7 heteroatoms. The SMILES string of the molecule is CC(C)CC1(c2ccccc2)OCC2=C1C(=O)N(C(=O)/C=C/c1ccccc1[N+](=O)[O-])CC2. The third kappa shape index (κ3) is 4.24. The molecule has 0 saturated carbocycles. The molecule has 33 heavy (non-hydrogen) atoms. The van der Waals surface area contributed by atoms with Gasteiger partial charge in [0.15, 0.2) is 0 Å². The Bertz CT molecular complexity index is 1150. The second kappa shape index (κ2) is 9.11. The Morgan fingerprint density at radius 2 is 1.88 bits per heavy atom. The maximum absolute atomic E-state index is 13.6. The lowest BCUT2D eigenvalue weighted by Gasteiger charge is -2.36. The van der Waals surface area contributed by atoms with E-state index in [9.17, 15) is 19.7 Å². The number of para-hydroxylation sites is 1. The van der Waals surface area contributed by atoms with E-state index in [1.165, 1.54) is 23.1 Å². The van der Waals surface area contributed by atoms with E-state index in [4.69, 9.17) is 4.74 Å². The van der Waals surface area contributed by atoms with Crippen molar-refractivity contribution in [1.82, 2.24) is 4.90 Å². The van der Waals surface area contributed by atoms with E-state index in [-0.39, 0.29) is 24.1 Å². The molecule has 2 amide bonds. The highest BCUT2D eigenvalue weighted by molar-refractivity contribution is 6.11. The number of nitro groups is 1. The van der Waals surface area contributed by atoms with Gasteiger partial charge in [-0.15, -0.1) is 0 Å². The molecule has 4 rings (SSSR count). The van der Waals surface area contributed by atoms with Gasteiger partial charge in [-0.25, -0.2) is 0 Å². The fourth-order valence-electron chi connectivity index (χ4n) is 4.69. The molecule has 0 aliphatic carbocycles. The van der Waals surface area contributed by atoms with E-state index in [0.29, 0.717) is 30.6 Å². The van der Waals surface area contributed by atoms with Gasteiger partial charge in [0.05, 0.1) is 22.7 Å². The van der Waals surface area contributed by atoms with Crippen molar-refractivity contribution in [3.8, 4) is 0 Å². The van der Waals surface area contributed by atoms with Gasteiger partial charge in [-0.2, -0.15) is 0 Å². The molecule has 0 radical (unpaired) electrons. The van der Waals surface area contributed by atoms with Gasteiger partial charge in [0, 0.05) is 18.7 Å². The van der Waals surface area contributed by atoms with E-state index in [1.807, 2.05) is 30.3 Å². The van der Waals surface area contributed by atoms with Crippen LogP contribution in [0.2, 0.25) is 0 Å². The standard InChI is InChI=1S/C26H26N2O5/c1-18(2)16-26(21-9-4-3-5-10-21)24-20(17-33-26)14-15-27(25(24)30)23(29)13-12-19-8-6-7-11-22(19)28(31)32/h3-13,18H,14-17H2,1-2H3/b13-12+. The average Bonchev–Trinajstić information content (AvgIpc) is 3.18. The summed E-state index contributed by atoms with van der Waals surface area (Å²) in [6, 6.07) is 15.9. The predicted molar refractivity (Wildman–Crippen MR) is 124 cm³/mol. The van der Waals surface area contributed by atoms with Crippen molar-refractivity contribution in [3.63, 3.8) is 0 Å². The van der Waals surface area contributed by atoms with Gasteiger partial charge < -0.3 is 4.74 Å². The molecule has 7 nitrogen and oxygen atoms in total. The van der Waals surface area contributed by atoms with Crippen LogP contribution in [0, 0.1) is 16.0 Å². The second-order valence-corrected chi connectivity index (χ2v) is 8.75. The first-order valence-electron chi connectivity index (χ1n) is 11.0. The van der Waals surface area contributed by atoms with Gasteiger partial charge in [0.2, 0.25) is 0 Å². The topological polar surface area (TPSA) is 89.8 Å².